The largest absolute Gasteiger partial charge is 0.493 e. The second-order valence-corrected chi connectivity index (χ2v) is 6.25. The minimum absolute atomic E-state index is 0.0824. The van der Waals surface area contributed by atoms with Gasteiger partial charge in [0.25, 0.3) is 0 Å². The van der Waals surface area contributed by atoms with Crippen molar-refractivity contribution in [3.05, 3.63) is 58.7 Å². The van der Waals surface area contributed by atoms with E-state index < -0.39 is 0 Å². The summed E-state index contributed by atoms with van der Waals surface area (Å²) in [6.07, 6.45) is 1.64. The van der Waals surface area contributed by atoms with Crippen molar-refractivity contribution in [3.8, 4) is 5.75 Å². The summed E-state index contributed by atoms with van der Waals surface area (Å²) in [4.78, 5) is 12.5. The Morgan fingerprint density at radius 3 is 2.74 bits per heavy atom. The van der Waals surface area contributed by atoms with Gasteiger partial charge in [0.05, 0.1) is 12.5 Å². The third-order valence-corrected chi connectivity index (χ3v) is 4.31. The van der Waals surface area contributed by atoms with E-state index in [0.717, 1.165) is 34.5 Å². The van der Waals surface area contributed by atoms with Crippen LogP contribution >= 0.6 is 0 Å². The molecule has 0 fully saturated rings. The number of benzene rings is 2. The van der Waals surface area contributed by atoms with Gasteiger partial charge in [-0.25, -0.2) is 0 Å². The number of fused-ring (bicyclic) bond motifs is 1. The Morgan fingerprint density at radius 1 is 1.17 bits per heavy atom. The van der Waals surface area contributed by atoms with Gasteiger partial charge in [-0.3, -0.25) is 4.79 Å². The van der Waals surface area contributed by atoms with Crippen molar-refractivity contribution in [2.45, 2.75) is 39.5 Å². The number of nitrogens with one attached hydrogen (secondary N) is 1. The van der Waals surface area contributed by atoms with Crippen molar-refractivity contribution in [1.82, 2.24) is 0 Å². The van der Waals surface area contributed by atoms with Gasteiger partial charge < -0.3 is 10.1 Å². The van der Waals surface area contributed by atoms with Gasteiger partial charge in [-0.1, -0.05) is 42.8 Å². The van der Waals surface area contributed by atoms with E-state index in [-0.39, 0.29) is 11.8 Å². The number of rotatable bonds is 5. The molecule has 1 heterocycles. The molecule has 23 heavy (non-hydrogen) atoms. The molecular weight excluding hydrogens is 286 g/mol. The fraction of sp³-hybridized carbons (Fsp3) is 0.350. The number of hydrogen-bond acceptors (Lipinski definition) is 2. The van der Waals surface area contributed by atoms with Gasteiger partial charge in [-0.2, -0.15) is 0 Å². The topological polar surface area (TPSA) is 38.3 Å². The smallest absolute Gasteiger partial charge is 0.232 e. The van der Waals surface area contributed by atoms with Gasteiger partial charge in [0, 0.05) is 5.69 Å². The van der Waals surface area contributed by atoms with E-state index in [1.807, 2.05) is 25.1 Å². The predicted octanol–water partition coefficient (Wildman–Crippen LogP) is 4.37. The number of hydrogen-bond donors (Lipinski definition) is 1. The van der Waals surface area contributed by atoms with Crippen LogP contribution < -0.4 is 10.1 Å². The van der Waals surface area contributed by atoms with Crippen LogP contribution in [0.2, 0.25) is 0 Å². The van der Waals surface area contributed by atoms with E-state index in [2.05, 4.69) is 37.4 Å². The van der Waals surface area contributed by atoms with Crippen LogP contribution in [-0.4, -0.2) is 12.5 Å². The molecule has 2 aromatic carbocycles. The summed E-state index contributed by atoms with van der Waals surface area (Å²) in [5.74, 6) is 0.828. The van der Waals surface area contributed by atoms with Gasteiger partial charge in [0.1, 0.15) is 5.75 Å². The Kier molecular flexibility index (Phi) is 4.37. The van der Waals surface area contributed by atoms with E-state index in [4.69, 9.17) is 4.74 Å². The average Bonchev–Trinajstić information content (AvgIpc) is 2.83. The lowest BCUT2D eigenvalue weighted by molar-refractivity contribution is -0.117. The number of anilines is 1. The predicted molar refractivity (Wildman–Crippen MR) is 93.2 cm³/mol. The molecule has 0 saturated carbocycles. The molecule has 0 radical (unpaired) electrons. The number of aryl methyl sites for hydroxylation is 2. The molecule has 1 unspecified atom stereocenters. The number of ether oxygens (including phenoxy) is 1. The summed E-state index contributed by atoms with van der Waals surface area (Å²) in [6.45, 7) is 6.91. The van der Waals surface area contributed by atoms with E-state index in [1.54, 1.807) is 0 Å². The third-order valence-electron chi connectivity index (χ3n) is 4.31. The Morgan fingerprint density at radius 2 is 1.96 bits per heavy atom. The maximum Gasteiger partial charge on any atom is 0.232 e. The molecule has 120 valence electrons. The van der Waals surface area contributed by atoms with Crippen LogP contribution in [0.4, 0.5) is 5.69 Å². The minimum Gasteiger partial charge on any atom is -0.493 e. The van der Waals surface area contributed by atoms with Gasteiger partial charge in [-0.15, -0.1) is 0 Å². The van der Waals surface area contributed by atoms with Crippen LogP contribution in [0, 0.1) is 13.8 Å². The lowest BCUT2D eigenvalue weighted by Crippen LogP contribution is -2.15. The SMILES string of the molecule is CCCOc1ccccc1CC1C(=O)Nc2c(C)cc(C)cc21. The summed E-state index contributed by atoms with van der Waals surface area (Å²) < 4.78 is 5.84. The summed E-state index contributed by atoms with van der Waals surface area (Å²) >= 11 is 0. The Hall–Kier alpha value is -2.29. The van der Waals surface area contributed by atoms with Gasteiger partial charge in [0.15, 0.2) is 0 Å². The molecule has 1 amide bonds. The maximum absolute atomic E-state index is 12.5. The Balaban J connectivity index is 1.92. The van der Waals surface area contributed by atoms with Gasteiger partial charge in [-0.05, 0) is 49.4 Å². The zero-order chi connectivity index (χ0) is 16.4. The van der Waals surface area contributed by atoms with Crippen molar-refractivity contribution in [2.24, 2.45) is 0 Å². The molecule has 0 bridgehead atoms. The quantitative estimate of drug-likeness (QED) is 0.890. The van der Waals surface area contributed by atoms with E-state index in [0.29, 0.717) is 13.0 Å². The highest BCUT2D eigenvalue weighted by Gasteiger charge is 2.32. The third kappa shape index (κ3) is 3.09. The zero-order valence-electron chi connectivity index (χ0n) is 14.0. The number of carbonyl (C=O) groups excluding carboxylic acids is 1. The zero-order valence-corrected chi connectivity index (χ0v) is 14.0. The summed E-state index contributed by atoms with van der Waals surface area (Å²) in [5, 5.41) is 3.05. The highest BCUT2D eigenvalue weighted by Crippen LogP contribution is 2.39. The first-order chi connectivity index (χ1) is 11.1. The molecule has 3 nitrogen and oxygen atoms in total. The number of para-hydroxylation sites is 1. The molecule has 0 aliphatic carbocycles. The molecule has 3 rings (SSSR count). The van der Waals surface area contributed by atoms with Crippen LogP contribution in [-0.2, 0) is 11.2 Å². The normalized spacial score (nSPS) is 16.1. The minimum atomic E-state index is -0.144. The Bertz CT molecular complexity index is 736. The molecule has 1 atom stereocenters. The van der Waals surface area contributed by atoms with Crippen molar-refractivity contribution in [3.63, 3.8) is 0 Å². The molecule has 3 heteroatoms. The lowest BCUT2D eigenvalue weighted by atomic mass is 9.91. The monoisotopic (exact) mass is 309 g/mol. The molecule has 1 aliphatic rings. The van der Waals surface area contributed by atoms with E-state index in [1.165, 1.54) is 5.56 Å². The van der Waals surface area contributed by atoms with E-state index >= 15 is 0 Å². The summed E-state index contributed by atoms with van der Waals surface area (Å²) in [7, 11) is 0. The van der Waals surface area contributed by atoms with Crippen LogP contribution in [0.3, 0.4) is 0 Å². The van der Waals surface area contributed by atoms with Crippen LogP contribution in [0.5, 0.6) is 5.75 Å². The van der Waals surface area contributed by atoms with Crippen molar-refractivity contribution < 1.29 is 9.53 Å². The maximum atomic E-state index is 12.5. The van der Waals surface area contributed by atoms with Crippen LogP contribution in [0.25, 0.3) is 0 Å². The molecule has 0 aromatic heterocycles. The Labute approximate surface area is 137 Å². The summed E-state index contributed by atoms with van der Waals surface area (Å²) in [5.41, 5.74) is 5.51. The van der Waals surface area contributed by atoms with Crippen molar-refractivity contribution in [1.29, 1.82) is 0 Å². The molecule has 0 spiro atoms. The second kappa shape index (κ2) is 6.45. The molecule has 2 aromatic rings. The fourth-order valence-corrected chi connectivity index (χ4v) is 3.25. The number of carbonyl (C=O) groups is 1. The van der Waals surface area contributed by atoms with Crippen molar-refractivity contribution >= 4 is 11.6 Å². The standard InChI is InChI=1S/C20H23NO2/c1-4-9-23-18-8-6-5-7-15(18)12-17-16-11-13(2)10-14(3)19(16)21-20(17)22/h5-8,10-11,17H,4,9,12H2,1-3H3,(H,21,22). The van der Waals surface area contributed by atoms with Gasteiger partial charge >= 0.3 is 0 Å². The highest BCUT2D eigenvalue weighted by molar-refractivity contribution is 6.04. The fourth-order valence-electron chi connectivity index (χ4n) is 3.25. The first-order valence-electron chi connectivity index (χ1n) is 8.23. The molecule has 1 N–H and O–H groups in total. The number of amides is 1. The average molecular weight is 309 g/mol. The van der Waals surface area contributed by atoms with Crippen LogP contribution in [0.15, 0.2) is 36.4 Å². The molecule has 0 saturated heterocycles. The van der Waals surface area contributed by atoms with E-state index in [9.17, 15) is 4.79 Å². The molecule has 1 aliphatic heterocycles. The highest BCUT2D eigenvalue weighted by atomic mass is 16.5. The van der Waals surface area contributed by atoms with Crippen LogP contribution in [0.1, 0.15) is 41.5 Å². The first-order valence-corrected chi connectivity index (χ1v) is 8.23. The van der Waals surface area contributed by atoms with Gasteiger partial charge in [0.2, 0.25) is 5.91 Å². The second-order valence-electron chi connectivity index (χ2n) is 6.25. The molecular formula is C20H23NO2. The summed E-state index contributed by atoms with van der Waals surface area (Å²) in [6, 6.07) is 12.3. The van der Waals surface area contributed by atoms with Crippen molar-refractivity contribution in [2.75, 3.05) is 11.9 Å². The first kappa shape index (κ1) is 15.6. The lowest BCUT2D eigenvalue weighted by Gasteiger charge is -2.14.